The molecule has 40 heavy (non-hydrogen) atoms. The van der Waals surface area contributed by atoms with Crippen LogP contribution in [0.5, 0.6) is 11.5 Å². The van der Waals surface area contributed by atoms with E-state index in [1.165, 1.54) is 35.2 Å². The van der Waals surface area contributed by atoms with Crippen LogP contribution >= 0.6 is 0 Å². The summed E-state index contributed by atoms with van der Waals surface area (Å²) in [5, 5.41) is 2.85. The number of ether oxygens (including phenoxy) is 2. The molecule has 0 unspecified atom stereocenters. The fraction of sp³-hybridized carbons (Fsp3) is 0.310. The van der Waals surface area contributed by atoms with E-state index in [1.807, 2.05) is 30.3 Å². The Kier molecular flexibility index (Phi) is 8.93. The molecule has 1 atom stereocenters. The number of hydrogen-bond acceptors (Lipinski definition) is 6. The molecule has 212 valence electrons. The number of halogens is 1. The maximum Gasteiger partial charge on any atom is 0.244 e. The van der Waals surface area contributed by atoms with Gasteiger partial charge in [-0.15, -0.1) is 0 Å². The molecule has 1 heterocycles. The second-order valence-electron chi connectivity index (χ2n) is 9.79. The first-order valence-corrected chi connectivity index (χ1v) is 14.6. The van der Waals surface area contributed by atoms with Gasteiger partial charge in [-0.25, -0.2) is 12.8 Å². The molecule has 3 aromatic carbocycles. The van der Waals surface area contributed by atoms with Crippen molar-refractivity contribution in [2.75, 3.05) is 23.9 Å². The van der Waals surface area contributed by atoms with Gasteiger partial charge in [0.05, 0.1) is 11.9 Å². The number of fused-ring (bicyclic) bond motifs is 1. The molecule has 0 aromatic heterocycles. The first kappa shape index (κ1) is 28.9. The van der Waals surface area contributed by atoms with E-state index in [-0.39, 0.29) is 37.1 Å². The summed E-state index contributed by atoms with van der Waals surface area (Å²) in [4.78, 5) is 28.7. The number of amides is 2. The standard InChI is InChI=1S/C29H32FN3O6S/c1-20(2)31-29(35)25(15-21-9-5-4-6-10-21)32(17-22-11-7-8-12-24(22)30)28(34)18-33(40(3,36)37)23-13-14-26-27(16-23)39-19-38-26/h4-14,16,20,25H,15,17-19H2,1-3H3,(H,31,35)/t25-/m1/s1. The van der Waals surface area contributed by atoms with E-state index in [0.717, 1.165) is 16.1 Å². The third kappa shape index (κ3) is 7.09. The van der Waals surface area contributed by atoms with Gasteiger partial charge in [-0.2, -0.15) is 0 Å². The lowest BCUT2D eigenvalue weighted by Gasteiger charge is -2.34. The number of sulfonamides is 1. The van der Waals surface area contributed by atoms with Gasteiger partial charge in [0.15, 0.2) is 11.5 Å². The van der Waals surface area contributed by atoms with Crippen molar-refractivity contribution in [3.63, 3.8) is 0 Å². The van der Waals surface area contributed by atoms with Gasteiger partial charge in [0.2, 0.25) is 28.6 Å². The van der Waals surface area contributed by atoms with E-state index in [9.17, 15) is 22.4 Å². The molecule has 4 rings (SSSR count). The zero-order chi connectivity index (χ0) is 28.9. The third-order valence-electron chi connectivity index (χ3n) is 6.32. The number of nitrogens with one attached hydrogen (secondary N) is 1. The molecule has 11 heteroatoms. The van der Waals surface area contributed by atoms with Crippen LogP contribution in [0.25, 0.3) is 0 Å². The van der Waals surface area contributed by atoms with Gasteiger partial charge in [-0.3, -0.25) is 13.9 Å². The molecule has 9 nitrogen and oxygen atoms in total. The second-order valence-corrected chi connectivity index (χ2v) is 11.7. The quantitative estimate of drug-likeness (QED) is 0.379. The highest BCUT2D eigenvalue weighted by molar-refractivity contribution is 7.92. The Bertz CT molecular complexity index is 1470. The molecule has 0 saturated heterocycles. The Labute approximate surface area is 233 Å². The lowest BCUT2D eigenvalue weighted by Crippen LogP contribution is -2.54. The van der Waals surface area contributed by atoms with E-state index < -0.39 is 40.2 Å². The molecular formula is C29H32FN3O6S. The molecule has 1 aliphatic rings. The van der Waals surface area contributed by atoms with E-state index in [1.54, 1.807) is 26.0 Å². The summed E-state index contributed by atoms with van der Waals surface area (Å²) < 4.78 is 52.2. The number of hydrogen-bond donors (Lipinski definition) is 1. The lowest BCUT2D eigenvalue weighted by molar-refractivity contribution is -0.140. The number of benzene rings is 3. The summed E-state index contributed by atoms with van der Waals surface area (Å²) in [6, 6.07) is 18.4. The highest BCUT2D eigenvalue weighted by Crippen LogP contribution is 2.36. The van der Waals surface area contributed by atoms with Crippen LogP contribution in [-0.2, 0) is 32.6 Å². The Morgan fingerprint density at radius 3 is 2.33 bits per heavy atom. The number of anilines is 1. The molecule has 2 amide bonds. The summed E-state index contributed by atoms with van der Waals surface area (Å²) in [5.74, 6) is -0.847. The van der Waals surface area contributed by atoms with Crippen LogP contribution in [-0.4, -0.2) is 56.8 Å². The van der Waals surface area contributed by atoms with E-state index >= 15 is 0 Å². The summed E-state index contributed by atoms with van der Waals surface area (Å²) in [6.45, 7) is 2.73. The summed E-state index contributed by atoms with van der Waals surface area (Å²) in [6.07, 6.45) is 1.13. The molecule has 0 bridgehead atoms. The predicted octanol–water partition coefficient (Wildman–Crippen LogP) is 3.49. The Morgan fingerprint density at radius 2 is 1.65 bits per heavy atom. The molecule has 3 aromatic rings. The van der Waals surface area contributed by atoms with Gasteiger partial charge in [0, 0.05) is 30.6 Å². The smallest absolute Gasteiger partial charge is 0.244 e. The summed E-state index contributed by atoms with van der Waals surface area (Å²) in [7, 11) is -3.95. The zero-order valence-corrected chi connectivity index (χ0v) is 23.4. The molecule has 1 N–H and O–H groups in total. The van der Waals surface area contributed by atoms with Crippen molar-refractivity contribution in [1.29, 1.82) is 0 Å². The van der Waals surface area contributed by atoms with Crippen LogP contribution < -0.4 is 19.1 Å². The SMILES string of the molecule is CC(C)NC(=O)[C@@H](Cc1ccccc1)N(Cc1ccccc1F)C(=O)CN(c1ccc2c(c1)OCO2)S(C)(=O)=O. The maximum atomic E-state index is 14.8. The fourth-order valence-corrected chi connectivity index (χ4v) is 5.24. The van der Waals surface area contributed by atoms with Crippen molar-refractivity contribution in [1.82, 2.24) is 10.2 Å². The van der Waals surface area contributed by atoms with Crippen molar-refractivity contribution in [3.05, 3.63) is 89.7 Å². The summed E-state index contributed by atoms with van der Waals surface area (Å²) >= 11 is 0. The monoisotopic (exact) mass is 569 g/mol. The van der Waals surface area contributed by atoms with Crippen molar-refractivity contribution in [3.8, 4) is 11.5 Å². The topological polar surface area (TPSA) is 105 Å². The molecule has 0 aliphatic carbocycles. The van der Waals surface area contributed by atoms with Gasteiger partial charge >= 0.3 is 0 Å². The fourth-order valence-electron chi connectivity index (χ4n) is 4.40. The van der Waals surface area contributed by atoms with Gasteiger partial charge in [0.25, 0.3) is 0 Å². The van der Waals surface area contributed by atoms with E-state index in [2.05, 4.69) is 5.32 Å². The second kappa shape index (κ2) is 12.4. The summed E-state index contributed by atoms with van der Waals surface area (Å²) in [5.41, 5.74) is 1.17. The van der Waals surface area contributed by atoms with Crippen molar-refractivity contribution in [2.45, 2.75) is 38.9 Å². The highest BCUT2D eigenvalue weighted by Gasteiger charge is 2.34. The normalized spacial score (nSPS) is 13.1. The van der Waals surface area contributed by atoms with Gasteiger partial charge in [0.1, 0.15) is 18.4 Å². The van der Waals surface area contributed by atoms with Crippen molar-refractivity contribution >= 4 is 27.5 Å². The predicted molar refractivity (Wildman–Crippen MR) is 149 cm³/mol. The van der Waals surface area contributed by atoms with Gasteiger partial charge in [-0.05, 0) is 37.6 Å². The van der Waals surface area contributed by atoms with Crippen molar-refractivity contribution < 1.29 is 31.9 Å². The van der Waals surface area contributed by atoms with Crippen LogP contribution in [0.1, 0.15) is 25.0 Å². The van der Waals surface area contributed by atoms with Crippen LogP contribution in [0, 0.1) is 5.82 Å². The molecule has 0 radical (unpaired) electrons. The first-order valence-electron chi connectivity index (χ1n) is 12.8. The molecular weight excluding hydrogens is 537 g/mol. The third-order valence-corrected chi connectivity index (χ3v) is 7.46. The first-order chi connectivity index (χ1) is 19.0. The molecule has 1 aliphatic heterocycles. The van der Waals surface area contributed by atoms with Crippen LogP contribution in [0.15, 0.2) is 72.8 Å². The highest BCUT2D eigenvalue weighted by atomic mass is 32.2. The Hall–Kier alpha value is -4.12. The number of rotatable bonds is 11. The minimum absolute atomic E-state index is 0.000855. The zero-order valence-electron chi connectivity index (χ0n) is 22.5. The average Bonchev–Trinajstić information content (AvgIpc) is 3.37. The number of carbonyl (C=O) groups excluding carboxylic acids is 2. The van der Waals surface area contributed by atoms with Crippen LogP contribution in [0.4, 0.5) is 10.1 Å². The largest absolute Gasteiger partial charge is 0.454 e. The molecule has 0 fully saturated rings. The van der Waals surface area contributed by atoms with Crippen LogP contribution in [0.2, 0.25) is 0 Å². The van der Waals surface area contributed by atoms with Gasteiger partial charge in [-0.1, -0.05) is 48.5 Å². The van der Waals surface area contributed by atoms with Crippen LogP contribution in [0.3, 0.4) is 0 Å². The molecule has 0 saturated carbocycles. The molecule has 0 spiro atoms. The number of nitrogens with zero attached hydrogens (tertiary/aromatic N) is 2. The van der Waals surface area contributed by atoms with Gasteiger partial charge < -0.3 is 19.7 Å². The van der Waals surface area contributed by atoms with E-state index in [4.69, 9.17) is 9.47 Å². The Morgan fingerprint density at radius 1 is 0.975 bits per heavy atom. The van der Waals surface area contributed by atoms with Crippen molar-refractivity contribution in [2.24, 2.45) is 0 Å². The maximum absolute atomic E-state index is 14.8. The Balaban J connectivity index is 1.74. The number of carbonyl (C=O) groups is 2. The average molecular weight is 570 g/mol. The minimum atomic E-state index is -3.95. The lowest BCUT2D eigenvalue weighted by atomic mass is 10.0. The van der Waals surface area contributed by atoms with E-state index in [0.29, 0.717) is 11.5 Å². The minimum Gasteiger partial charge on any atom is -0.454 e.